The van der Waals surface area contributed by atoms with Gasteiger partial charge in [0.25, 0.3) is 0 Å². The first-order valence-corrected chi connectivity index (χ1v) is 8.96. The van der Waals surface area contributed by atoms with Crippen LogP contribution in [0.15, 0.2) is 60.7 Å². The lowest BCUT2D eigenvalue weighted by molar-refractivity contribution is 0.105. The van der Waals surface area contributed by atoms with E-state index in [2.05, 4.69) is 11.8 Å². The van der Waals surface area contributed by atoms with E-state index in [0.29, 0.717) is 34.1 Å². The van der Waals surface area contributed by atoms with Gasteiger partial charge in [-0.3, -0.25) is 4.79 Å². The molecule has 0 amide bonds. The largest absolute Gasteiger partial charge is 0.497 e. The molecule has 3 aromatic carbocycles. The van der Waals surface area contributed by atoms with Crippen LogP contribution >= 0.6 is 0 Å². The standard InChI is InChI=1S/C24H18O5/c1-26-18-12-17(13-19(14-18)27-2)20-5-3-4-6-21(20)22(25)9-7-16-8-10-23-24(11-16)29-15-28-23/h3-6,8,10-14H,15H2,1-2H3. The Morgan fingerprint density at radius 1 is 0.897 bits per heavy atom. The average Bonchev–Trinajstić information content (AvgIpc) is 3.25. The second-order valence-electron chi connectivity index (χ2n) is 6.29. The number of benzene rings is 3. The Kier molecular flexibility index (Phi) is 5.08. The Bertz CT molecular complexity index is 1120. The molecule has 0 bridgehead atoms. The highest BCUT2D eigenvalue weighted by molar-refractivity contribution is 6.13. The van der Waals surface area contributed by atoms with Gasteiger partial charge in [-0.1, -0.05) is 24.1 Å². The molecule has 0 saturated carbocycles. The third-order valence-corrected chi connectivity index (χ3v) is 4.53. The number of rotatable bonds is 4. The van der Waals surface area contributed by atoms with E-state index in [-0.39, 0.29) is 12.6 Å². The summed E-state index contributed by atoms with van der Waals surface area (Å²) in [6.45, 7) is 0.197. The van der Waals surface area contributed by atoms with Crippen LogP contribution in [0.1, 0.15) is 15.9 Å². The molecule has 0 aliphatic carbocycles. The molecule has 0 atom stereocenters. The van der Waals surface area contributed by atoms with Crippen LogP contribution in [0.5, 0.6) is 23.0 Å². The van der Waals surface area contributed by atoms with Crippen molar-refractivity contribution in [3.8, 4) is 46.0 Å². The molecule has 0 radical (unpaired) electrons. The molecule has 5 heteroatoms. The fourth-order valence-corrected chi connectivity index (χ4v) is 3.07. The average molecular weight is 386 g/mol. The van der Waals surface area contributed by atoms with Gasteiger partial charge in [-0.05, 0) is 53.4 Å². The summed E-state index contributed by atoms with van der Waals surface area (Å²) in [7, 11) is 3.18. The maximum Gasteiger partial charge on any atom is 0.236 e. The van der Waals surface area contributed by atoms with Crippen molar-refractivity contribution in [2.24, 2.45) is 0 Å². The molecule has 0 fully saturated rings. The van der Waals surface area contributed by atoms with Crippen LogP contribution in [-0.2, 0) is 0 Å². The minimum atomic E-state index is -0.278. The SMILES string of the molecule is COc1cc(OC)cc(-c2ccccc2C(=O)C#Cc2ccc3c(c2)OCO3)c1. The van der Waals surface area contributed by atoms with Crippen LogP contribution in [0, 0.1) is 11.8 Å². The van der Waals surface area contributed by atoms with E-state index >= 15 is 0 Å². The van der Waals surface area contributed by atoms with Crippen molar-refractivity contribution < 1.29 is 23.7 Å². The van der Waals surface area contributed by atoms with Crippen LogP contribution in [0.3, 0.4) is 0 Å². The van der Waals surface area contributed by atoms with Gasteiger partial charge in [0.1, 0.15) is 11.5 Å². The molecule has 0 unspecified atom stereocenters. The molecule has 1 aliphatic rings. The number of hydrogen-bond donors (Lipinski definition) is 0. The molecule has 0 N–H and O–H groups in total. The fourth-order valence-electron chi connectivity index (χ4n) is 3.07. The predicted octanol–water partition coefficient (Wildman–Crippen LogP) is 4.33. The van der Waals surface area contributed by atoms with Crippen LogP contribution in [0.4, 0.5) is 0 Å². The van der Waals surface area contributed by atoms with E-state index in [9.17, 15) is 4.79 Å². The summed E-state index contributed by atoms with van der Waals surface area (Å²) >= 11 is 0. The van der Waals surface area contributed by atoms with E-state index in [1.807, 2.05) is 30.3 Å². The number of carbonyl (C=O) groups excluding carboxylic acids is 1. The lowest BCUT2D eigenvalue weighted by Crippen LogP contribution is -1.99. The summed E-state index contributed by atoms with van der Waals surface area (Å²) < 4.78 is 21.3. The molecule has 29 heavy (non-hydrogen) atoms. The van der Waals surface area contributed by atoms with Gasteiger partial charge in [0.05, 0.1) is 14.2 Å². The third kappa shape index (κ3) is 3.87. The fraction of sp³-hybridized carbons (Fsp3) is 0.125. The molecule has 3 aromatic rings. The summed E-state index contributed by atoms with van der Waals surface area (Å²) in [5.41, 5.74) is 2.77. The zero-order valence-electron chi connectivity index (χ0n) is 16.0. The van der Waals surface area contributed by atoms with Crippen molar-refractivity contribution in [3.63, 3.8) is 0 Å². The minimum absolute atomic E-state index is 0.197. The first-order valence-electron chi connectivity index (χ1n) is 8.96. The summed E-state index contributed by atoms with van der Waals surface area (Å²) in [5, 5.41) is 0. The summed E-state index contributed by atoms with van der Waals surface area (Å²) in [5.74, 6) is 7.97. The Labute approximate surface area is 168 Å². The first-order chi connectivity index (χ1) is 14.2. The summed E-state index contributed by atoms with van der Waals surface area (Å²) in [6, 6.07) is 18.2. The van der Waals surface area contributed by atoms with Crippen LogP contribution < -0.4 is 18.9 Å². The summed E-state index contributed by atoms with van der Waals surface area (Å²) in [6.07, 6.45) is 0. The lowest BCUT2D eigenvalue weighted by Gasteiger charge is -2.11. The Balaban J connectivity index is 1.68. The van der Waals surface area contributed by atoms with Crippen LogP contribution in [0.25, 0.3) is 11.1 Å². The lowest BCUT2D eigenvalue weighted by atomic mass is 9.96. The zero-order chi connectivity index (χ0) is 20.2. The van der Waals surface area contributed by atoms with Gasteiger partial charge >= 0.3 is 0 Å². The Morgan fingerprint density at radius 3 is 2.38 bits per heavy atom. The Morgan fingerprint density at radius 2 is 1.62 bits per heavy atom. The van der Waals surface area contributed by atoms with E-state index in [1.54, 1.807) is 44.6 Å². The normalized spacial score (nSPS) is 11.4. The molecule has 0 aromatic heterocycles. The maximum atomic E-state index is 12.9. The molecular formula is C24H18O5. The second-order valence-corrected chi connectivity index (χ2v) is 6.29. The van der Waals surface area contributed by atoms with Crippen molar-refractivity contribution in [1.82, 2.24) is 0 Å². The third-order valence-electron chi connectivity index (χ3n) is 4.53. The predicted molar refractivity (Wildman–Crippen MR) is 109 cm³/mol. The zero-order valence-corrected chi connectivity index (χ0v) is 16.0. The smallest absolute Gasteiger partial charge is 0.236 e. The van der Waals surface area contributed by atoms with Crippen LogP contribution in [-0.4, -0.2) is 26.8 Å². The molecule has 0 spiro atoms. The van der Waals surface area contributed by atoms with Crippen molar-refractivity contribution in [3.05, 3.63) is 71.8 Å². The molecule has 0 saturated heterocycles. The van der Waals surface area contributed by atoms with Crippen LogP contribution in [0.2, 0.25) is 0 Å². The number of carbonyl (C=O) groups is 1. The number of Topliss-reactive ketones (excluding diaryl/α,β-unsaturated/α-hetero) is 1. The number of ether oxygens (including phenoxy) is 4. The molecule has 144 valence electrons. The molecule has 1 aliphatic heterocycles. The molecule has 4 rings (SSSR count). The molecule has 5 nitrogen and oxygen atoms in total. The minimum Gasteiger partial charge on any atom is -0.497 e. The molecule has 1 heterocycles. The molecular weight excluding hydrogens is 368 g/mol. The van der Waals surface area contributed by atoms with Gasteiger partial charge in [-0.2, -0.15) is 0 Å². The van der Waals surface area contributed by atoms with E-state index in [4.69, 9.17) is 18.9 Å². The van der Waals surface area contributed by atoms with Gasteiger partial charge in [0.2, 0.25) is 12.6 Å². The van der Waals surface area contributed by atoms with Gasteiger partial charge in [0.15, 0.2) is 11.5 Å². The highest BCUT2D eigenvalue weighted by Gasteiger charge is 2.14. The maximum absolute atomic E-state index is 12.9. The topological polar surface area (TPSA) is 54.0 Å². The highest BCUT2D eigenvalue weighted by atomic mass is 16.7. The first kappa shape index (κ1) is 18.5. The van der Waals surface area contributed by atoms with Crippen molar-refractivity contribution in [2.75, 3.05) is 21.0 Å². The van der Waals surface area contributed by atoms with Gasteiger partial charge in [-0.25, -0.2) is 0 Å². The van der Waals surface area contributed by atoms with E-state index in [0.717, 1.165) is 11.1 Å². The van der Waals surface area contributed by atoms with Gasteiger partial charge in [-0.15, -0.1) is 0 Å². The van der Waals surface area contributed by atoms with Crippen molar-refractivity contribution in [2.45, 2.75) is 0 Å². The number of ketones is 1. The summed E-state index contributed by atoms with van der Waals surface area (Å²) in [4.78, 5) is 12.9. The highest BCUT2D eigenvalue weighted by Crippen LogP contribution is 2.33. The van der Waals surface area contributed by atoms with Gasteiger partial charge in [0, 0.05) is 17.2 Å². The Hall–Kier alpha value is -3.91. The number of fused-ring (bicyclic) bond motifs is 1. The van der Waals surface area contributed by atoms with E-state index in [1.165, 1.54) is 0 Å². The van der Waals surface area contributed by atoms with Gasteiger partial charge < -0.3 is 18.9 Å². The van der Waals surface area contributed by atoms with E-state index < -0.39 is 0 Å². The number of hydrogen-bond acceptors (Lipinski definition) is 5. The van der Waals surface area contributed by atoms with Crippen molar-refractivity contribution >= 4 is 5.78 Å². The monoisotopic (exact) mass is 386 g/mol. The second kappa shape index (κ2) is 7.99. The quantitative estimate of drug-likeness (QED) is 0.493. The number of methoxy groups -OCH3 is 2. The van der Waals surface area contributed by atoms with Crippen molar-refractivity contribution in [1.29, 1.82) is 0 Å².